The van der Waals surface area contributed by atoms with Gasteiger partial charge >= 0.3 is 5.97 Å². The maximum absolute atomic E-state index is 11.6. The third-order valence-corrected chi connectivity index (χ3v) is 2.94. The van der Waals surface area contributed by atoms with Crippen molar-refractivity contribution >= 4 is 11.9 Å². The zero-order chi connectivity index (χ0) is 16.4. The second kappa shape index (κ2) is 9.66. The number of hydrogen-bond donors (Lipinski definition) is 2. The molecule has 0 saturated heterocycles. The van der Waals surface area contributed by atoms with Crippen molar-refractivity contribution in [1.82, 2.24) is 10.6 Å². The van der Waals surface area contributed by atoms with Gasteiger partial charge in [0, 0.05) is 26.3 Å². The van der Waals surface area contributed by atoms with Crippen LogP contribution in [-0.4, -0.2) is 50.4 Å². The first kappa shape index (κ1) is 18.7. The van der Waals surface area contributed by atoms with Crippen LogP contribution in [0.1, 0.15) is 47.0 Å². The Balaban J connectivity index is 2.18. The van der Waals surface area contributed by atoms with Crippen molar-refractivity contribution < 1.29 is 14.3 Å². The summed E-state index contributed by atoms with van der Waals surface area (Å²) in [5.74, 6) is 1.12. The molecule has 0 atom stereocenters. The molecule has 6 heteroatoms. The molecule has 1 fully saturated rings. The monoisotopic (exact) mass is 313 g/mol. The van der Waals surface area contributed by atoms with Gasteiger partial charge in [0.25, 0.3) is 0 Å². The van der Waals surface area contributed by atoms with Gasteiger partial charge < -0.3 is 20.1 Å². The van der Waals surface area contributed by atoms with E-state index in [0.29, 0.717) is 5.96 Å². The summed E-state index contributed by atoms with van der Waals surface area (Å²) in [4.78, 5) is 15.9. The van der Waals surface area contributed by atoms with Crippen LogP contribution in [0.2, 0.25) is 0 Å². The molecule has 1 aliphatic carbocycles. The molecular weight excluding hydrogens is 282 g/mol. The number of nitrogens with one attached hydrogen (secondary N) is 2. The standard InChI is InChI=1S/C16H31N3O3/c1-5-17-15(19-11-14(20)22-16(2,3)4)18-9-6-10-21-12-13-7-8-13/h13H,5-12H2,1-4H3,(H2,17,18,19). The second-order valence-corrected chi connectivity index (χ2v) is 6.58. The van der Waals surface area contributed by atoms with Gasteiger partial charge in [-0.1, -0.05) is 0 Å². The van der Waals surface area contributed by atoms with Crippen LogP contribution < -0.4 is 10.6 Å². The smallest absolute Gasteiger partial charge is 0.328 e. The summed E-state index contributed by atoms with van der Waals surface area (Å²) in [5.41, 5.74) is -0.475. The van der Waals surface area contributed by atoms with E-state index in [9.17, 15) is 4.79 Å². The highest BCUT2D eigenvalue weighted by Gasteiger charge is 2.20. The topological polar surface area (TPSA) is 72.0 Å². The number of hydrogen-bond acceptors (Lipinski definition) is 4. The van der Waals surface area contributed by atoms with Crippen molar-refractivity contribution in [3.8, 4) is 0 Å². The van der Waals surface area contributed by atoms with Gasteiger partial charge in [0.15, 0.2) is 5.96 Å². The first-order chi connectivity index (χ1) is 10.4. The highest BCUT2D eigenvalue weighted by Crippen LogP contribution is 2.28. The van der Waals surface area contributed by atoms with Gasteiger partial charge in [-0.05, 0) is 52.9 Å². The molecule has 0 aromatic heterocycles. The first-order valence-electron chi connectivity index (χ1n) is 8.22. The quantitative estimate of drug-likeness (QED) is 0.293. The molecule has 1 saturated carbocycles. The van der Waals surface area contributed by atoms with Gasteiger partial charge in [0.05, 0.1) is 0 Å². The summed E-state index contributed by atoms with van der Waals surface area (Å²) >= 11 is 0. The van der Waals surface area contributed by atoms with Crippen molar-refractivity contribution in [2.24, 2.45) is 10.9 Å². The largest absolute Gasteiger partial charge is 0.459 e. The molecule has 22 heavy (non-hydrogen) atoms. The van der Waals surface area contributed by atoms with E-state index in [1.54, 1.807) is 0 Å². The number of rotatable bonds is 9. The molecule has 2 N–H and O–H groups in total. The molecule has 6 nitrogen and oxygen atoms in total. The third-order valence-electron chi connectivity index (χ3n) is 2.94. The predicted molar refractivity (Wildman–Crippen MR) is 88.0 cm³/mol. The molecule has 0 spiro atoms. The Hall–Kier alpha value is -1.30. The van der Waals surface area contributed by atoms with E-state index in [0.717, 1.165) is 38.6 Å². The second-order valence-electron chi connectivity index (χ2n) is 6.58. The van der Waals surface area contributed by atoms with Crippen LogP contribution in [0.3, 0.4) is 0 Å². The zero-order valence-electron chi connectivity index (χ0n) is 14.4. The van der Waals surface area contributed by atoms with E-state index in [-0.39, 0.29) is 12.5 Å². The lowest BCUT2D eigenvalue weighted by atomic mass is 10.2. The number of guanidine groups is 1. The highest BCUT2D eigenvalue weighted by molar-refractivity contribution is 5.83. The van der Waals surface area contributed by atoms with Crippen LogP contribution in [0, 0.1) is 5.92 Å². The molecule has 0 unspecified atom stereocenters. The average Bonchev–Trinajstić information content (AvgIpc) is 3.22. The minimum Gasteiger partial charge on any atom is -0.459 e. The fourth-order valence-corrected chi connectivity index (χ4v) is 1.77. The van der Waals surface area contributed by atoms with Crippen LogP contribution in [0.4, 0.5) is 0 Å². The van der Waals surface area contributed by atoms with Gasteiger partial charge in [0.2, 0.25) is 0 Å². The summed E-state index contributed by atoms with van der Waals surface area (Å²) in [6.07, 6.45) is 3.56. The molecule has 1 rings (SSSR count). The highest BCUT2D eigenvalue weighted by atomic mass is 16.6. The summed E-state index contributed by atoms with van der Waals surface area (Å²) in [6, 6.07) is 0. The molecule has 128 valence electrons. The van der Waals surface area contributed by atoms with E-state index in [1.807, 2.05) is 27.7 Å². The Morgan fingerprint density at radius 3 is 2.59 bits per heavy atom. The maximum atomic E-state index is 11.6. The fraction of sp³-hybridized carbons (Fsp3) is 0.875. The molecule has 1 aliphatic rings. The molecule has 0 aromatic carbocycles. The van der Waals surface area contributed by atoms with Crippen LogP contribution in [0.15, 0.2) is 4.99 Å². The van der Waals surface area contributed by atoms with E-state index in [1.165, 1.54) is 12.8 Å². The molecule has 0 radical (unpaired) electrons. The van der Waals surface area contributed by atoms with Gasteiger partial charge in [-0.3, -0.25) is 4.79 Å². The summed E-state index contributed by atoms with van der Waals surface area (Å²) in [5, 5.41) is 6.30. The Morgan fingerprint density at radius 1 is 1.27 bits per heavy atom. The Bertz CT molecular complexity index is 360. The maximum Gasteiger partial charge on any atom is 0.328 e. The van der Waals surface area contributed by atoms with Gasteiger partial charge in [-0.25, -0.2) is 4.99 Å². The number of esters is 1. The van der Waals surface area contributed by atoms with Crippen molar-refractivity contribution in [3.63, 3.8) is 0 Å². The molecule has 0 aliphatic heterocycles. The van der Waals surface area contributed by atoms with Gasteiger partial charge in [-0.2, -0.15) is 0 Å². The normalized spacial score (nSPS) is 15.5. The average molecular weight is 313 g/mol. The summed E-state index contributed by atoms with van der Waals surface area (Å²) < 4.78 is 10.8. The molecule has 0 bridgehead atoms. The lowest BCUT2D eigenvalue weighted by Gasteiger charge is -2.19. The van der Waals surface area contributed by atoms with Crippen LogP contribution in [-0.2, 0) is 14.3 Å². The number of ether oxygens (including phenoxy) is 2. The van der Waals surface area contributed by atoms with Crippen LogP contribution in [0.25, 0.3) is 0 Å². The molecule has 0 heterocycles. The van der Waals surface area contributed by atoms with Crippen molar-refractivity contribution in [2.45, 2.75) is 52.6 Å². The van der Waals surface area contributed by atoms with Crippen molar-refractivity contribution in [2.75, 3.05) is 32.8 Å². The van der Waals surface area contributed by atoms with Gasteiger partial charge in [-0.15, -0.1) is 0 Å². The van der Waals surface area contributed by atoms with E-state index in [4.69, 9.17) is 9.47 Å². The van der Waals surface area contributed by atoms with Crippen molar-refractivity contribution in [3.05, 3.63) is 0 Å². The zero-order valence-corrected chi connectivity index (χ0v) is 14.4. The van der Waals surface area contributed by atoms with Gasteiger partial charge in [0.1, 0.15) is 12.1 Å². The minimum absolute atomic E-state index is 0.0186. The predicted octanol–water partition coefficient (Wildman–Crippen LogP) is 1.70. The summed E-state index contributed by atoms with van der Waals surface area (Å²) in [6.45, 7) is 10.7. The Morgan fingerprint density at radius 2 is 2.00 bits per heavy atom. The van der Waals surface area contributed by atoms with E-state index < -0.39 is 5.60 Å². The lowest BCUT2D eigenvalue weighted by Crippen LogP contribution is -2.38. The third kappa shape index (κ3) is 10.4. The Labute approximate surface area is 134 Å². The SMILES string of the molecule is CCNC(=NCC(=O)OC(C)(C)C)NCCCOCC1CC1. The summed E-state index contributed by atoms with van der Waals surface area (Å²) in [7, 11) is 0. The fourth-order valence-electron chi connectivity index (χ4n) is 1.77. The van der Waals surface area contributed by atoms with E-state index in [2.05, 4.69) is 15.6 Å². The molecular formula is C16H31N3O3. The molecule has 0 aromatic rings. The van der Waals surface area contributed by atoms with Crippen molar-refractivity contribution in [1.29, 1.82) is 0 Å². The molecule has 0 amide bonds. The number of nitrogens with zero attached hydrogens (tertiary/aromatic N) is 1. The first-order valence-corrected chi connectivity index (χ1v) is 8.22. The minimum atomic E-state index is -0.475. The van der Waals surface area contributed by atoms with Crippen LogP contribution >= 0.6 is 0 Å². The number of aliphatic imine (C=N–C) groups is 1. The Kier molecular flexibility index (Phi) is 8.24. The number of carbonyl (C=O) groups is 1. The number of carbonyl (C=O) groups excluding carboxylic acids is 1. The van der Waals surface area contributed by atoms with Crippen LogP contribution in [0.5, 0.6) is 0 Å². The lowest BCUT2D eigenvalue weighted by molar-refractivity contribution is -0.152. The van der Waals surface area contributed by atoms with E-state index >= 15 is 0 Å².